The van der Waals surface area contributed by atoms with Crippen molar-refractivity contribution in [3.8, 4) is 5.75 Å². The third kappa shape index (κ3) is 3.43. The van der Waals surface area contributed by atoms with Crippen molar-refractivity contribution in [1.82, 2.24) is 14.9 Å². The molecule has 6 nitrogen and oxygen atoms in total. The molecule has 1 aromatic heterocycles. The third-order valence-corrected chi connectivity index (χ3v) is 4.51. The van der Waals surface area contributed by atoms with Gasteiger partial charge >= 0.3 is 0 Å². The molecule has 0 radical (unpaired) electrons. The highest BCUT2D eigenvalue weighted by Gasteiger charge is 2.34. The van der Waals surface area contributed by atoms with Crippen LogP contribution in [0.25, 0.3) is 0 Å². The second kappa shape index (κ2) is 6.93. The van der Waals surface area contributed by atoms with E-state index in [0.717, 1.165) is 5.56 Å². The first-order valence-corrected chi connectivity index (χ1v) is 8.53. The standard InChI is InChI=1S/C18H21N3O3S/c1-18(2)17-20-13(15(25)19-3)14(16(22)21(17)9-10-24-18)23-11-12-7-5-4-6-8-12/h4-8H,9-11H2,1-3H3,(H,19,25). The molecule has 1 aliphatic heterocycles. The molecule has 132 valence electrons. The largest absolute Gasteiger partial charge is 0.481 e. The summed E-state index contributed by atoms with van der Waals surface area (Å²) in [6.07, 6.45) is 0. The molecule has 0 saturated heterocycles. The Labute approximate surface area is 151 Å². The second-order valence-electron chi connectivity index (χ2n) is 6.28. The summed E-state index contributed by atoms with van der Waals surface area (Å²) in [5.74, 6) is 0.730. The lowest BCUT2D eigenvalue weighted by Crippen LogP contribution is -2.42. The van der Waals surface area contributed by atoms with Gasteiger partial charge in [-0.1, -0.05) is 42.5 Å². The van der Waals surface area contributed by atoms with Crippen molar-refractivity contribution in [3.63, 3.8) is 0 Å². The van der Waals surface area contributed by atoms with E-state index in [1.807, 2.05) is 44.2 Å². The minimum Gasteiger partial charge on any atom is -0.481 e. The lowest BCUT2D eigenvalue weighted by Gasteiger charge is -2.33. The van der Waals surface area contributed by atoms with Gasteiger partial charge in [0.05, 0.1) is 13.2 Å². The van der Waals surface area contributed by atoms with Crippen LogP contribution in [0.3, 0.4) is 0 Å². The van der Waals surface area contributed by atoms with Crippen LogP contribution in [0, 0.1) is 0 Å². The summed E-state index contributed by atoms with van der Waals surface area (Å²) < 4.78 is 13.2. The topological polar surface area (TPSA) is 65.4 Å². The van der Waals surface area contributed by atoms with Crippen LogP contribution in [-0.2, 0) is 23.5 Å². The molecule has 0 bridgehead atoms. The normalized spacial score (nSPS) is 15.3. The molecule has 0 atom stereocenters. The van der Waals surface area contributed by atoms with Crippen molar-refractivity contribution in [2.24, 2.45) is 0 Å². The van der Waals surface area contributed by atoms with E-state index >= 15 is 0 Å². The molecule has 1 aromatic carbocycles. The number of thiocarbonyl (C=S) groups is 1. The Balaban J connectivity index is 2.07. The quantitative estimate of drug-likeness (QED) is 0.842. The van der Waals surface area contributed by atoms with Crippen molar-refractivity contribution < 1.29 is 9.47 Å². The van der Waals surface area contributed by atoms with Gasteiger partial charge in [0.2, 0.25) is 5.75 Å². The highest BCUT2D eigenvalue weighted by atomic mass is 32.1. The lowest BCUT2D eigenvalue weighted by atomic mass is 10.1. The average Bonchev–Trinajstić information content (AvgIpc) is 2.61. The highest BCUT2D eigenvalue weighted by Crippen LogP contribution is 2.28. The van der Waals surface area contributed by atoms with Crippen LogP contribution in [0.4, 0.5) is 0 Å². The molecule has 0 unspecified atom stereocenters. The number of nitrogens with one attached hydrogen (secondary N) is 1. The second-order valence-corrected chi connectivity index (χ2v) is 6.69. The average molecular weight is 359 g/mol. The fourth-order valence-corrected chi connectivity index (χ4v) is 2.93. The Morgan fingerprint density at radius 2 is 2.12 bits per heavy atom. The number of nitrogens with zero attached hydrogens (tertiary/aromatic N) is 2. The molecule has 2 aromatic rings. The van der Waals surface area contributed by atoms with Crippen LogP contribution >= 0.6 is 12.2 Å². The summed E-state index contributed by atoms with van der Waals surface area (Å²) >= 11 is 5.34. The smallest absolute Gasteiger partial charge is 0.296 e. The van der Waals surface area contributed by atoms with Crippen molar-refractivity contribution in [3.05, 3.63) is 57.8 Å². The third-order valence-electron chi connectivity index (χ3n) is 4.11. The zero-order chi connectivity index (χ0) is 18.0. The number of hydrogen-bond donors (Lipinski definition) is 1. The Hall–Kier alpha value is -2.25. The first-order valence-electron chi connectivity index (χ1n) is 8.12. The number of hydrogen-bond acceptors (Lipinski definition) is 5. The SMILES string of the molecule is CNC(=S)c1nc2n(c(=O)c1OCc1ccccc1)CCOC2(C)C. The summed E-state index contributed by atoms with van der Waals surface area (Å²) in [5.41, 5.74) is 0.427. The van der Waals surface area contributed by atoms with Gasteiger partial charge in [-0.05, 0) is 19.4 Å². The van der Waals surface area contributed by atoms with E-state index in [9.17, 15) is 4.79 Å². The summed E-state index contributed by atoms with van der Waals surface area (Å²) in [6, 6.07) is 9.67. The van der Waals surface area contributed by atoms with Gasteiger partial charge in [-0.15, -0.1) is 0 Å². The molecule has 2 heterocycles. The summed E-state index contributed by atoms with van der Waals surface area (Å²) in [7, 11) is 1.70. The van der Waals surface area contributed by atoms with Crippen LogP contribution in [0.2, 0.25) is 0 Å². The van der Waals surface area contributed by atoms with E-state index in [0.29, 0.717) is 29.7 Å². The molecule has 0 saturated carbocycles. The monoisotopic (exact) mass is 359 g/mol. The highest BCUT2D eigenvalue weighted by molar-refractivity contribution is 7.80. The Kier molecular flexibility index (Phi) is 4.87. The molecule has 0 aliphatic carbocycles. The fraction of sp³-hybridized carbons (Fsp3) is 0.389. The summed E-state index contributed by atoms with van der Waals surface area (Å²) in [6.45, 7) is 4.95. The summed E-state index contributed by atoms with van der Waals surface area (Å²) in [5, 5.41) is 2.88. The molecule has 0 spiro atoms. The van der Waals surface area contributed by atoms with Crippen molar-refractivity contribution in [2.45, 2.75) is 32.6 Å². The molecule has 3 rings (SSSR count). The van der Waals surface area contributed by atoms with E-state index in [2.05, 4.69) is 10.3 Å². The molecule has 1 aliphatic rings. The van der Waals surface area contributed by atoms with E-state index in [-0.39, 0.29) is 17.9 Å². The van der Waals surface area contributed by atoms with Crippen LogP contribution in [-0.4, -0.2) is 28.2 Å². The van der Waals surface area contributed by atoms with Gasteiger partial charge < -0.3 is 14.8 Å². The van der Waals surface area contributed by atoms with E-state index in [1.54, 1.807) is 11.6 Å². The molecule has 25 heavy (non-hydrogen) atoms. The number of ether oxygens (including phenoxy) is 2. The Bertz CT molecular complexity index is 847. The lowest BCUT2D eigenvalue weighted by molar-refractivity contribution is -0.0567. The molecule has 1 N–H and O–H groups in total. The van der Waals surface area contributed by atoms with E-state index < -0.39 is 5.60 Å². The van der Waals surface area contributed by atoms with Crippen molar-refractivity contribution in [1.29, 1.82) is 0 Å². The number of benzene rings is 1. The van der Waals surface area contributed by atoms with Crippen LogP contribution < -0.4 is 15.6 Å². The maximum atomic E-state index is 13.0. The van der Waals surface area contributed by atoms with Gasteiger partial charge in [-0.25, -0.2) is 4.98 Å². The number of rotatable bonds is 4. The Morgan fingerprint density at radius 3 is 2.80 bits per heavy atom. The van der Waals surface area contributed by atoms with Gasteiger partial charge in [0, 0.05) is 7.05 Å². The molecular weight excluding hydrogens is 338 g/mol. The zero-order valence-electron chi connectivity index (χ0n) is 14.5. The van der Waals surface area contributed by atoms with E-state index in [1.165, 1.54) is 0 Å². The molecular formula is C18H21N3O3S. The van der Waals surface area contributed by atoms with Gasteiger partial charge in [0.1, 0.15) is 28.7 Å². The molecule has 0 fully saturated rings. The predicted molar refractivity (Wildman–Crippen MR) is 99.0 cm³/mol. The maximum Gasteiger partial charge on any atom is 0.296 e. The van der Waals surface area contributed by atoms with Gasteiger partial charge in [0.25, 0.3) is 5.56 Å². The fourth-order valence-electron chi connectivity index (χ4n) is 2.79. The van der Waals surface area contributed by atoms with Gasteiger partial charge in [-0.3, -0.25) is 9.36 Å². The van der Waals surface area contributed by atoms with Crippen molar-refractivity contribution >= 4 is 17.2 Å². The molecule has 0 amide bonds. The number of aromatic nitrogens is 2. The van der Waals surface area contributed by atoms with E-state index in [4.69, 9.17) is 21.7 Å². The van der Waals surface area contributed by atoms with Crippen molar-refractivity contribution in [2.75, 3.05) is 13.7 Å². The summed E-state index contributed by atoms with van der Waals surface area (Å²) in [4.78, 5) is 18.0. The van der Waals surface area contributed by atoms with Gasteiger partial charge in [0.15, 0.2) is 0 Å². The van der Waals surface area contributed by atoms with Crippen LogP contribution in [0.5, 0.6) is 5.75 Å². The molecule has 7 heteroatoms. The Morgan fingerprint density at radius 1 is 1.40 bits per heavy atom. The first kappa shape index (κ1) is 17.6. The number of fused-ring (bicyclic) bond motifs is 1. The minimum atomic E-state index is -0.659. The van der Waals surface area contributed by atoms with Crippen LogP contribution in [0.15, 0.2) is 35.1 Å². The predicted octanol–water partition coefficient (Wildman–Crippen LogP) is 1.98. The van der Waals surface area contributed by atoms with Gasteiger partial charge in [-0.2, -0.15) is 0 Å². The van der Waals surface area contributed by atoms with Crippen LogP contribution in [0.1, 0.15) is 30.9 Å². The zero-order valence-corrected chi connectivity index (χ0v) is 15.4. The minimum absolute atomic E-state index is 0.171. The first-order chi connectivity index (χ1) is 11.9. The maximum absolute atomic E-state index is 13.0.